The molecule has 3 aliphatic rings. The summed E-state index contributed by atoms with van der Waals surface area (Å²) in [6.45, 7) is 6.36. The summed E-state index contributed by atoms with van der Waals surface area (Å²) in [5.41, 5.74) is 13.0. The molecule has 2 aromatic heterocycles. The molecule has 7 rings (SSSR count). The van der Waals surface area contributed by atoms with Gasteiger partial charge in [0, 0.05) is 67.2 Å². The number of ether oxygens (including phenoxy) is 2. The number of carbonyl (C=O) groups excluding carboxylic acids is 1. The summed E-state index contributed by atoms with van der Waals surface area (Å²) in [5, 5.41) is 5.00. The van der Waals surface area contributed by atoms with Gasteiger partial charge in [-0.15, -0.1) is 11.3 Å². The zero-order valence-corrected chi connectivity index (χ0v) is 29.0. The molecule has 0 unspecified atom stereocenters. The van der Waals surface area contributed by atoms with Crippen molar-refractivity contribution < 1.29 is 14.3 Å². The van der Waals surface area contributed by atoms with Crippen LogP contribution >= 0.6 is 35.2 Å². The van der Waals surface area contributed by atoms with Gasteiger partial charge < -0.3 is 30.0 Å². The Morgan fingerprint density at radius 2 is 2.00 bits per heavy atom. The van der Waals surface area contributed by atoms with Crippen molar-refractivity contribution in [3.05, 3.63) is 75.3 Å². The SMILES string of the molecule is NC(=S)c1cccc(-c2cn(C3CCOCC3)c3c(Cl)c(CNC(=O)C4CC5(CCN(CCOCc6cncs6)CC5)C4)ccc23)c1. The molecule has 2 aromatic carbocycles. The molecule has 4 aromatic rings. The molecule has 3 N–H and O–H groups in total. The maximum Gasteiger partial charge on any atom is 0.223 e. The first kappa shape index (κ1) is 32.7. The number of piperidine rings is 1. The van der Waals surface area contributed by atoms with Gasteiger partial charge in [-0.25, -0.2) is 0 Å². The third-order valence-electron chi connectivity index (χ3n) is 10.4. The number of amides is 1. The van der Waals surface area contributed by atoms with E-state index in [-0.39, 0.29) is 17.9 Å². The summed E-state index contributed by atoms with van der Waals surface area (Å²) in [7, 11) is 0. The Kier molecular flexibility index (Phi) is 9.96. The Labute approximate surface area is 290 Å². The minimum absolute atomic E-state index is 0.0744. The zero-order chi connectivity index (χ0) is 32.4. The predicted octanol–water partition coefficient (Wildman–Crippen LogP) is 6.73. The fourth-order valence-electron chi connectivity index (χ4n) is 7.64. The fraction of sp³-hybridized carbons (Fsp3) is 0.472. The zero-order valence-electron chi connectivity index (χ0n) is 26.6. The monoisotopic (exact) mass is 691 g/mol. The standard InChI is InChI=1S/C36H42ClN5O3S2/c37-32-26(19-40-35(43)27-17-36(18-27)8-10-41(11-9-36)12-15-45-22-29-20-39-23-47-29)4-5-30-31(24-2-1-3-25(16-24)34(38)46)21-42(33(30)32)28-6-13-44-14-7-28/h1-5,16,20-21,23,27-28H,6-15,17-19,22H2,(H2,38,46)(H,40,43). The fourth-order valence-corrected chi connectivity index (χ4v) is 8.63. The Morgan fingerprint density at radius 1 is 1.19 bits per heavy atom. The maximum absolute atomic E-state index is 13.3. The molecule has 47 heavy (non-hydrogen) atoms. The Balaban J connectivity index is 0.974. The van der Waals surface area contributed by atoms with Gasteiger partial charge in [-0.05, 0) is 74.2 Å². The van der Waals surface area contributed by atoms with E-state index in [9.17, 15) is 4.79 Å². The third kappa shape index (κ3) is 7.14. The molecule has 0 radical (unpaired) electrons. The number of aromatic nitrogens is 2. The van der Waals surface area contributed by atoms with Gasteiger partial charge >= 0.3 is 0 Å². The van der Waals surface area contributed by atoms with Gasteiger partial charge in [-0.1, -0.05) is 54.2 Å². The van der Waals surface area contributed by atoms with Crippen LogP contribution in [0.15, 0.2) is 54.3 Å². The number of halogens is 1. The normalized spacial score (nSPS) is 18.8. The number of rotatable bonds is 11. The van der Waals surface area contributed by atoms with Crippen molar-refractivity contribution in [3.8, 4) is 11.1 Å². The number of carbonyl (C=O) groups is 1. The number of nitrogens with one attached hydrogen (secondary N) is 1. The van der Waals surface area contributed by atoms with Crippen LogP contribution in [-0.2, 0) is 27.4 Å². The van der Waals surface area contributed by atoms with Gasteiger partial charge in [0.2, 0.25) is 5.91 Å². The second-order valence-electron chi connectivity index (χ2n) is 13.4. The lowest BCUT2D eigenvalue weighted by Crippen LogP contribution is -2.51. The minimum Gasteiger partial charge on any atom is -0.389 e. The summed E-state index contributed by atoms with van der Waals surface area (Å²) in [6, 6.07) is 12.5. The van der Waals surface area contributed by atoms with Crippen LogP contribution in [-0.4, -0.2) is 64.8 Å². The molecule has 1 spiro atoms. The van der Waals surface area contributed by atoms with Gasteiger partial charge in [0.1, 0.15) is 4.99 Å². The number of thiazole rings is 1. The van der Waals surface area contributed by atoms with Crippen LogP contribution in [0.25, 0.3) is 22.0 Å². The predicted molar refractivity (Wildman–Crippen MR) is 192 cm³/mol. The number of hydrogen-bond donors (Lipinski definition) is 2. The largest absolute Gasteiger partial charge is 0.389 e. The highest BCUT2D eigenvalue weighted by Gasteiger charge is 2.48. The first-order valence-corrected chi connectivity index (χ1v) is 18.3. The number of benzene rings is 2. The van der Waals surface area contributed by atoms with Crippen molar-refractivity contribution in [3.63, 3.8) is 0 Å². The van der Waals surface area contributed by atoms with Crippen LogP contribution in [0.4, 0.5) is 0 Å². The van der Waals surface area contributed by atoms with E-state index in [4.69, 9.17) is 39.0 Å². The number of hydrogen-bond acceptors (Lipinski definition) is 7. The first-order chi connectivity index (χ1) is 22.9. The highest BCUT2D eigenvalue weighted by atomic mass is 35.5. The van der Waals surface area contributed by atoms with Crippen molar-refractivity contribution in [1.29, 1.82) is 0 Å². The Morgan fingerprint density at radius 3 is 2.74 bits per heavy atom. The molecule has 1 aliphatic carbocycles. The van der Waals surface area contributed by atoms with Gasteiger partial charge in [-0.3, -0.25) is 9.78 Å². The molecule has 2 aliphatic heterocycles. The van der Waals surface area contributed by atoms with E-state index >= 15 is 0 Å². The van der Waals surface area contributed by atoms with E-state index in [1.54, 1.807) is 11.3 Å². The summed E-state index contributed by atoms with van der Waals surface area (Å²) < 4.78 is 13.8. The molecule has 0 atom stereocenters. The van der Waals surface area contributed by atoms with E-state index < -0.39 is 0 Å². The molecular formula is C36H42ClN5O3S2. The molecular weight excluding hydrogens is 650 g/mol. The lowest BCUT2D eigenvalue weighted by Gasteiger charge is -2.51. The number of nitrogens with two attached hydrogens (primary N) is 1. The van der Waals surface area contributed by atoms with E-state index in [0.29, 0.717) is 28.6 Å². The van der Waals surface area contributed by atoms with Crippen molar-refractivity contribution in [1.82, 2.24) is 19.8 Å². The van der Waals surface area contributed by atoms with Gasteiger partial charge in [0.05, 0.1) is 34.1 Å². The van der Waals surface area contributed by atoms with E-state index in [2.05, 4.69) is 44.2 Å². The molecule has 2 saturated heterocycles. The Hall–Kier alpha value is -2.86. The quantitative estimate of drug-likeness (QED) is 0.133. The second kappa shape index (κ2) is 14.3. The van der Waals surface area contributed by atoms with Gasteiger partial charge in [-0.2, -0.15) is 0 Å². The average molecular weight is 692 g/mol. The lowest BCUT2D eigenvalue weighted by molar-refractivity contribution is -0.135. The minimum atomic E-state index is 0.0744. The number of thiocarbonyl (C=S) groups is 1. The van der Waals surface area contributed by atoms with Crippen LogP contribution in [0.5, 0.6) is 0 Å². The van der Waals surface area contributed by atoms with Crippen LogP contribution in [0.3, 0.4) is 0 Å². The average Bonchev–Trinajstić information content (AvgIpc) is 3.75. The number of nitrogens with zero attached hydrogens (tertiary/aromatic N) is 3. The van der Waals surface area contributed by atoms with Gasteiger partial charge in [0.25, 0.3) is 0 Å². The topological polar surface area (TPSA) is 94.6 Å². The summed E-state index contributed by atoms with van der Waals surface area (Å²) >= 11 is 14.1. The summed E-state index contributed by atoms with van der Waals surface area (Å²) in [5.74, 6) is 0.214. The molecule has 3 fully saturated rings. The van der Waals surface area contributed by atoms with E-state index in [0.717, 1.165) is 111 Å². The molecule has 8 nitrogen and oxygen atoms in total. The Bertz CT molecular complexity index is 1720. The summed E-state index contributed by atoms with van der Waals surface area (Å²) in [4.78, 5) is 21.4. The molecule has 0 bridgehead atoms. The van der Waals surface area contributed by atoms with Crippen LogP contribution < -0.4 is 11.1 Å². The smallest absolute Gasteiger partial charge is 0.223 e. The molecule has 1 saturated carbocycles. The molecule has 4 heterocycles. The first-order valence-electron chi connectivity index (χ1n) is 16.6. The van der Waals surface area contributed by atoms with Crippen LogP contribution in [0.2, 0.25) is 5.02 Å². The third-order valence-corrected chi connectivity index (χ3v) is 11.8. The van der Waals surface area contributed by atoms with Gasteiger partial charge in [0.15, 0.2) is 0 Å². The van der Waals surface area contributed by atoms with Crippen molar-refractivity contribution in [2.75, 3.05) is 39.5 Å². The lowest BCUT2D eigenvalue weighted by atomic mass is 9.57. The number of fused-ring (bicyclic) bond motifs is 1. The highest BCUT2D eigenvalue weighted by molar-refractivity contribution is 7.80. The molecule has 11 heteroatoms. The highest BCUT2D eigenvalue weighted by Crippen LogP contribution is 2.52. The summed E-state index contributed by atoms with van der Waals surface area (Å²) in [6.07, 6.45) is 10.2. The second-order valence-corrected chi connectivity index (χ2v) is 15.1. The maximum atomic E-state index is 13.3. The van der Waals surface area contributed by atoms with Crippen LogP contribution in [0, 0.1) is 11.3 Å². The number of likely N-dealkylation sites (tertiary alicyclic amines) is 1. The van der Waals surface area contributed by atoms with E-state index in [1.165, 1.54) is 4.88 Å². The van der Waals surface area contributed by atoms with E-state index in [1.807, 2.05) is 29.9 Å². The molecule has 1 amide bonds. The van der Waals surface area contributed by atoms with Crippen molar-refractivity contribution in [2.24, 2.45) is 17.1 Å². The van der Waals surface area contributed by atoms with Crippen LogP contribution in [0.1, 0.15) is 60.6 Å². The molecule has 248 valence electrons. The van der Waals surface area contributed by atoms with Crippen molar-refractivity contribution in [2.45, 2.75) is 57.7 Å². The van der Waals surface area contributed by atoms with Crippen molar-refractivity contribution >= 4 is 57.0 Å².